The number of nitrogens with zero attached hydrogens (tertiary/aromatic N) is 1. The number of aldehydes is 1. The van der Waals surface area contributed by atoms with E-state index in [4.69, 9.17) is 4.74 Å². The molecule has 106 valence electrons. The van der Waals surface area contributed by atoms with E-state index in [1.54, 1.807) is 12.1 Å². The van der Waals surface area contributed by atoms with Crippen molar-refractivity contribution < 1.29 is 9.53 Å². The molecule has 0 unspecified atom stereocenters. The number of aromatic amines is 1. The lowest BCUT2D eigenvalue weighted by molar-refractivity contribution is 0.111. The Morgan fingerprint density at radius 3 is 2.86 bits per heavy atom. The lowest BCUT2D eigenvalue weighted by atomic mass is 10.1. The number of allylic oxidation sites excluding steroid dienone is 4. The van der Waals surface area contributed by atoms with Gasteiger partial charge in [-0.15, -0.1) is 0 Å². The maximum Gasteiger partial charge on any atom is 0.167 e. The number of hydrogen-bond acceptors (Lipinski definition) is 3. The molecule has 0 saturated heterocycles. The molecule has 0 spiro atoms. The summed E-state index contributed by atoms with van der Waals surface area (Å²) < 4.78 is 5.84. The Kier molecular flexibility index (Phi) is 4.88. The van der Waals surface area contributed by atoms with Crippen LogP contribution in [0, 0.1) is 0 Å². The lowest BCUT2D eigenvalue weighted by Crippen LogP contribution is -1.94. The summed E-state index contributed by atoms with van der Waals surface area (Å²) >= 11 is 0. The summed E-state index contributed by atoms with van der Waals surface area (Å²) in [4.78, 5) is 10.7. The highest BCUT2D eigenvalue weighted by Gasteiger charge is 2.10. The highest BCUT2D eigenvalue weighted by molar-refractivity contribution is 5.77. The van der Waals surface area contributed by atoms with Crippen molar-refractivity contribution in [2.45, 2.75) is 6.92 Å². The van der Waals surface area contributed by atoms with Crippen LogP contribution in [0.25, 0.3) is 11.3 Å². The monoisotopic (exact) mass is 280 g/mol. The molecular formula is C17H16N2O2. The lowest BCUT2D eigenvalue weighted by Gasteiger charge is -2.09. The Labute approximate surface area is 123 Å². The Hall–Kier alpha value is -2.88. The number of nitrogens with one attached hydrogen (secondary N) is 1. The summed E-state index contributed by atoms with van der Waals surface area (Å²) in [6.07, 6.45) is 7.96. The molecule has 0 aliphatic heterocycles. The second-order valence-electron chi connectivity index (χ2n) is 4.22. The van der Waals surface area contributed by atoms with Crippen LogP contribution < -0.4 is 4.74 Å². The van der Waals surface area contributed by atoms with Gasteiger partial charge < -0.3 is 4.74 Å². The molecule has 2 rings (SSSR count). The van der Waals surface area contributed by atoms with Gasteiger partial charge in [0.05, 0.1) is 11.4 Å². The van der Waals surface area contributed by atoms with Gasteiger partial charge in [0, 0.05) is 5.56 Å². The summed E-state index contributed by atoms with van der Waals surface area (Å²) in [6.45, 7) is 5.66. The van der Waals surface area contributed by atoms with E-state index in [9.17, 15) is 4.79 Å². The minimum Gasteiger partial charge on any atom is -0.457 e. The van der Waals surface area contributed by atoms with Gasteiger partial charge in [-0.2, -0.15) is 5.10 Å². The summed E-state index contributed by atoms with van der Waals surface area (Å²) in [7, 11) is 0. The number of H-pyrrole nitrogens is 1. The normalized spacial score (nSPS) is 11.6. The van der Waals surface area contributed by atoms with Crippen molar-refractivity contribution in [2.75, 3.05) is 0 Å². The van der Waals surface area contributed by atoms with Gasteiger partial charge in [-0.05, 0) is 37.3 Å². The first-order valence-corrected chi connectivity index (χ1v) is 6.51. The van der Waals surface area contributed by atoms with Gasteiger partial charge in [-0.25, -0.2) is 0 Å². The average molecular weight is 280 g/mol. The number of rotatable bonds is 6. The summed E-state index contributed by atoms with van der Waals surface area (Å²) in [5.41, 5.74) is 1.88. The van der Waals surface area contributed by atoms with E-state index in [0.29, 0.717) is 22.9 Å². The molecule has 0 aliphatic rings. The van der Waals surface area contributed by atoms with Gasteiger partial charge in [0.2, 0.25) is 0 Å². The average Bonchev–Trinajstić information content (AvgIpc) is 3.00. The van der Waals surface area contributed by atoms with E-state index < -0.39 is 0 Å². The Morgan fingerprint density at radius 1 is 1.38 bits per heavy atom. The number of carbonyl (C=O) groups excluding carboxylic acids is 1. The molecular weight excluding hydrogens is 264 g/mol. The molecule has 0 amide bonds. The molecule has 0 bridgehead atoms. The van der Waals surface area contributed by atoms with Gasteiger partial charge in [-0.1, -0.05) is 30.9 Å². The standard InChI is InChI=1S/C17H16N2O2/c1-3-5-8-14(4-2)21-17-10-7-6-9-15(17)16-11-13(12-20)18-19-16/h3-12H,2H2,1H3,(H,18,19)/b5-3-,14-8+. The minimum absolute atomic E-state index is 0.424. The zero-order chi connectivity index (χ0) is 15.1. The Balaban J connectivity index is 2.36. The topological polar surface area (TPSA) is 55.0 Å². The fraction of sp³-hybridized carbons (Fsp3) is 0.0588. The Bertz CT molecular complexity index is 696. The predicted molar refractivity (Wildman–Crippen MR) is 83.1 cm³/mol. The van der Waals surface area contributed by atoms with E-state index in [0.717, 1.165) is 11.8 Å². The van der Waals surface area contributed by atoms with Crippen molar-refractivity contribution in [3.05, 3.63) is 72.7 Å². The van der Waals surface area contributed by atoms with Crippen LogP contribution in [0.1, 0.15) is 17.4 Å². The van der Waals surface area contributed by atoms with E-state index in [1.807, 2.05) is 49.4 Å². The molecule has 1 aromatic carbocycles. The summed E-state index contributed by atoms with van der Waals surface area (Å²) in [5.74, 6) is 1.28. The van der Waals surface area contributed by atoms with Crippen LogP contribution in [0.2, 0.25) is 0 Å². The smallest absolute Gasteiger partial charge is 0.167 e. The molecule has 0 fully saturated rings. The first-order chi connectivity index (χ1) is 10.3. The maximum absolute atomic E-state index is 10.7. The van der Waals surface area contributed by atoms with E-state index in [2.05, 4.69) is 16.8 Å². The zero-order valence-electron chi connectivity index (χ0n) is 11.7. The van der Waals surface area contributed by atoms with E-state index in [-0.39, 0.29) is 0 Å². The molecule has 1 aromatic heterocycles. The fourth-order valence-corrected chi connectivity index (χ4v) is 1.76. The van der Waals surface area contributed by atoms with Crippen molar-refractivity contribution in [2.24, 2.45) is 0 Å². The van der Waals surface area contributed by atoms with Crippen LogP contribution in [0.3, 0.4) is 0 Å². The minimum atomic E-state index is 0.424. The Morgan fingerprint density at radius 2 is 2.19 bits per heavy atom. The molecule has 1 N–H and O–H groups in total. The SMILES string of the molecule is C=C/C(=C\C=C/C)Oc1ccccc1-c1cc(C=O)[nH]n1. The van der Waals surface area contributed by atoms with E-state index >= 15 is 0 Å². The van der Waals surface area contributed by atoms with Crippen molar-refractivity contribution in [1.82, 2.24) is 10.2 Å². The van der Waals surface area contributed by atoms with Crippen LogP contribution in [-0.4, -0.2) is 16.5 Å². The quantitative estimate of drug-likeness (QED) is 0.496. The van der Waals surface area contributed by atoms with Crippen molar-refractivity contribution >= 4 is 6.29 Å². The van der Waals surface area contributed by atoms with Gasteiger partial charge in [-0.3, -0.25) is 9.89 Å². The fourth-order valence-electron chi connectivity index (χ4n) is 1.76. The molecule has 0 atom stereocenters. The third-order valence-electron chi connectivity index (χ3n) is 2.77. The van der Waals surface area contributed by atoms with Gasteiger partial charge in [0.15, 0.2) is 6.29 Å². The van der Waals surface area contributed by atoms with E-state index in [1.165, 1.54) is 0 Å². The molecule has 2 aromatic rings. The number of para-hydroxylation sites is 1. The van der Waals surface area contributed by atoms with Crippen LogP contribution >= 0.6 is 0 Å². The van der Waals surface area contributed by atoms with Crippen LogP contribution in [0.15, 0.2) is 67.0 Å². The summed E-state index contributed by atoms with van der Waals surface area (Å²) in [6, 6.07) is 9.18. The first-order valence-electron chi connectivity index (χ1n) is 6.51. The number of ether oxygens (including phenoxy) is 1. The second kappa shape index (κ2) is 7.05. The maximum atomic E-state index is 10.7. The third kappa shape index (κ3) is 3.57. The number of aromatic nitrogens is 2. The largest absolute Gasteiger partial charge is 0.457 e. The molecule has 21 heavy (non-hydrogen) atoms. The number of carbonyl (C=O) groups is 1. The molecule has 0 saturated carbocycles. The zero-order valence-corrected chi connectivity index (χ0v) is 11.7. The van der Waals surface area contributed by atoms with Crippen LogP contribution in [0.5, 0.6) is 5.75 Å². The van der Waals surface area contributed by atoms with Crippen LogP contribution in [0.4, 0.5) is 0 Å². The molecule has 4 nitrogen and oxygen atoms in total. The third-order valence-corrected chi connectivity index (χ3v) is 2.77. The van der Waals surface area contributed by atoms with Crippen molar-refractivity contribution in [1.29, 1.82) is 0 Å². The highest BCUT2D eigenvalue weighted by Crippen LogP contribution is 2.30. The molecule has 0 radical (unpaired) electrons. The highest BCUT2D eigenvalue weighted by atomic mass is 16.5. The number of hydrogen-bond donors (Lipinski definition) is 1. The van der Waals surface area contributed by atoms with Gasteiger partial charge >= 0.3 is 0 Å². The van der Waals surface area contributed by atoms with Crippen LogP contribution in [-0.2, 0) is 0 Å². The second-order valence-corrected chi connectivity index (χ2v) is 4.22. The number of benzene rings is 1. The summed E-state index contributed by atoms with van der Waals surface area (Å²) in [5, 5.41) is 6.78. The van der Waals surface area contributed by atoms with Crippen molar-refractivity contribution in [3.63, 3.8) is 0 Å². The molecule has 0 aliphatic carbocycles. The van der Waals surface area contributed by atoms with Gasteiger partial charge in [0.25, 0.3) is 0 Å². The molecule has 1 heterocycles. The predicted octanol–water partition coefficient (Wildman–Crippen LogP) is 3.91. The molecule has 4 heteroatoms. The van der Waals surface area contributed by atoms with Crippen molar-refractivity contribution in [3.8, 4) is 17.0 Å². The first kappa shape index (κ1) is 14.5. The van der Waals surface area contributed by atoms with Gasteiger partial charge in [0.1, 0.15) is 11.5 Å².